The lowest BCUT2D eigenvalue weighted by molar-refractivity contribution is -0.127. The molecule has 6 heteroatoms. The van der Waals surface area contributed by atoms with Gasteiger partial charge in [0.25, 0.3) is 0 Å². The monoisotopic (exact) mass is 491 g/mol. The van der Waals surface area contributed by atoms with Gasteiger partial charge in [0.15, 0.2) is 0 Å². The van der Waals surface area contributed by atoms with E-state index in [0.29, 0.717) is 16.9 Å². The third-order valence-electron chi connectivity index (χ3n) is 8.02. The van der Waals surface area contributed by atoms with Crippen LogP contribution in [0.1, 0.15) is 87.2 Å². The highest BCUT2D eigenvalue weighted by Gasteiger charge is 2.35. The summed E-state index contributed by atoms with van der Waals surface area (Å²) in [7, 11) is 0. The van der Waals surface area contributed by atoms with Crippen molar-refractivity contribution in [2.75, 3.05) is 0 Å². The molecule has 2 aromatic carbocycles. The van der Waals surface area contributed by atoms with E-state index >= 15 is 0 Å². The number of hydrogen-bond donors (Lipinski definition) is 1. The molecule has 2 aliphatic rings. The molecule has 1 atom stereocenters. The molecule has 1 aromatic heterocycles. The van der Waals surface area contributed by atoms with E-state index in [1.807, 2.05) is 30.5 Å². The molecular formula is C30H38FN3O2. The minimum atomic E-state index is -0.420. The molecule has 36 heavy (non-hydrogen) atoms. The number of aryl methyl sites for hydroxylation is 2. The molecule has 3 aromatic rings. The minimum Gasteiger partial charge on any atom is -0.485 e. The summed E-state index contributed by atoms with van der Waals surface area (Å²) in [6.45, 7) is 4.29. The van der Waals surface area contributed by atoms with E-state index in [0.717, 1.165) is 68.2 Å². The van der Waals surface area contributed by atoms with Gasteiger partial charge in [0.1, 0.15) is 30.0 Å². The quantitative estimate of drug-likeness (QED) is 0.389. The number of nitrogens with one attached hydrogen (secondary N) is 1. The second-order valence-corrected chi connectivity index (χ2v) is 10.8. The van der Waals surface area contributed by atoms with Crippen molar-refractivity contribution in [3.05, 3.63) is 59.2 Å². The first kappa shape index (κ1) is 24.8. The van der Waals surface area contributed by atoms with Gasteiger partial charge in [0, 0.05) is 6.04 Å². The second-order valence-electron chi connectivity index (χ2n) is 10.8. The summed E-state index contributed by atoms with van der Waals surface area (Å²) < 4.78 is 22.7. The third kappa shape index (κ3) is 5.42. The molecule has 5 rings (SSSR count). The molecule has 1 N–H and O–H groups in total. The van der Waals surface area contributed by atoms with Gasteiger partial charge in [-0.2, -0.15) is 0 Å². The van der Waals surface area contributed by atoms with Crippen LogP contribution in [-0.2, 0) is 11.4 Å². The molecule has 0 aliphatic heterocycles. The summed E-state index contributed by atoms with van der Waals surface area (Å²) in [5.74, 6) is 1.40. The number of fused-ring (bicyclic) bond motifs is 1. The third-order valence-corrected chi connectivity index (χ3v) is 8.02. The molecule has 5 nitrogen and oxygen atoms in total. The zero-order valence-electron chi connectivity index (χ0n) is 21.6. The Hall–Kier alpha value is -2.89. The maximum atomic E-state index is 14.5. The van der Waals surface area contributed by atoms with Gasteiger partial charge in [-0.3, -0.25) is 4.79 Å². The number of hydrogen-bond acceptors (Lipinski definition) is 3. The molecule has 192 valence electrons. The Labute approximate surface area is 213 Å². The largest absolute Gasteiger partial charge is 0.485 e. The number of imidazole rings is 1. The van der Waals surface area contributed by atoms with Crippen LogP contribution in [0.4, 0.5) is 4.39 Å². The van der Waals surface area contributed by atoms with Gasteiger partial charge in [0.05, 0.1) is 11.0 Å². The van der Waals surface area contributed by atoms with Gasteiger partial charge in [-0.1, -0.05) is 50.7 Å². The molecule has 1 amide bonds. The number of carbonyl (C=O) groups is 1. The summed E-state index contributed by atoms with van der Waals surface area (Å²) in [4.78, 5) is 18.8. The molecule has 2 saturated carbocycles. The molecule has 1 unspecified atom stereocenters. The number of rotatable bonds is 7. The lowest BCUT2D eigenvalue weighted by Crippen LogP contribution is -2.44. The fourth-order valence-corrected chi connectivity index (χ4v) is 6.06. The Morgan fingerprint density at radius 3 is 2.50 bits per heavy atom. The summed E-state index contributed by atoms with van der Waals surface area (Å²) in [5, 5.41) is 3.38. The van der Waals surface area contributed by atoms with Crippen molar-refractivity contribution >= 4 is 16.9 Å². The SMILES string of the molecule is Cc1ccc(C)c(OCc2nc3ccc(F)cc3n2C(C(=O)NC2CCCCC2)C2CCCCC2)c1. The predicted molar refractivity (Wildman–Crippen MR) is 141 cm³/mol. The number of benzene rings is 2. The molecule has 0 bridgehead atoms. The number of ether oxygens (including phenoxy) is 1. The van der Waals surface area contributed by atoms with Crippen LogP contribution in [0.15, 0.2) is 36.4 Å². The van der Waals surface area contributed by atoms with Crippen LogP contribution in [0.2, 0.25) is 0 Å². The van der Waals surface area contributed by atoms with E-state index in [9.17, 15) is 9.18 Å². The summed E-state index contributed by atoms with van der Waals surface area (Å²) in [6.07, 6.45) is 11.1. The van der Waals surface area contributed by atoms with Crippen LogP contribution in [0.3, 0.4) is 0 Å². The molecule has 1 heterocycles. The predicted octanol–water partition coefficient (Wildman–Crippen LogP) is 6.94. The molecule has 0 radical (unpaired) electrons. The van der Waals surface area contributed by atoms with E-state index in [4.69, 9.17) is 9.72 Å². The van der Waals surface area contributed by atoms with Crippen molar-refractivity contribution in [3.63, 3.8) is 0 Å². The topological polar surface area (TPSA) is 56.2 Å². The van der Waals surface area contributed by atoms with E-state index < -0.39 is 6.04 Å². The zero-order chi connectivity index (χ0) is 25.1. The molecule has 0 spiro atoms. The normalized spacial score (nSPS) is 18.3. The highest BCUT2D eigenvalue weighted by molar-refractivity contribution is 5.85. The lowest BCUT2D eigenvalue weighted by Gasteiger charge is -2.33. The Morgan fingerprint density at radius 1 is 1.03 bits per heavy atom. The van der Waals surface area contributed by atoms with Gasteiger partial charge in [-0.05, 0) is 80.8 Å². The van der Waals surface area contributed by atoms with E-state index in [1.54, 1.807) is 6.07 Å². The van der Waals surface area contributed by atoms with Crippen molar-refractivity contribution in [1.29, 1.82) is 0 Å². The van der Waals surface area contributed by atoms with Gasteiger partial charge >= 0.3 is 0 Å². The highest BCUT2D eigenvalue weighted by Crippen LogP contribution is 2.37. The highest BCUT2D eigenvalue weighted by atomic mass is 19.1. The Morgan fingerprint density at radius 2 is 1.75 bits per heavy atom. The number of aromatic nitrogens is 2. The summed E-state index contributed by atoms with van der Waals surface area (Å²) in [5.41, 5.74) is 3.54. The van der Waals surface area contributed by atoms with E-state index in [1.165, 1.54) is 25.0 Å². The van der Waals surface area contributed by atoms with Crippen molar-refractivity contribution in [2.24, 2.45) is 5.92 Å². The van der Waals surface area contributed by atoms with Gasteiger partial charge < -0.3 is 14.6 Å². The first-order valence-electron chi connectivity index (χ1n) is 13.7. The van der Waals surface area contributed by atoms with Crippen LogP contribution in [0.25, 0.3) is 11.0 Å². The number of nitrogens with zero attached hydrogens (tertiary/aromatic N) is 2. The summed E-state index contributed by atoms with van der Waals surface area (Å²) >= 11 is 0. The van der Waals surface area contributed by atoms with E-state index in [-0.39, 0.29) is 30.3 Å². The Kier molecular flexibility index (Phi) is 7.59. The maximum absolute atomic E-state index is 14.5. The fraction of sp³-hybridized carbons (Fsp3) is 0.533. The second kappa shape index (κ2) is 11.0. The average molecular weight is 492 g/mol. The maximum Gasteiger partial charge on any atom is 0.243 e. The van der Waals surface area contributed by atoms with Crippen molar-refractivity contribution < 1.29 is 13.9 Å². The van der Waals surface area contributed by atoms with Crippen LogP contribution >= 0.6 is 0 Å². The number of halogens is 1. The lowest BCUT2D eigenvalue weighted by atomic mass is 9.83. The number of carbonyl (C=O) groups excluding carboxylic acids is 1. The van der Waals surface area contributed by atoms with Crippen LogP contribution in [0, 0.1) is 25.6 Å². The van der Waals surface area contributed by atoms with Gasteiger partial charge in [0.2, 0.25) is 5.91 Å². The molecule has 2 aliphatic carbocycles. The first-order chi connectivity index (χ1) is 17.5. The summed E-state index contributed by atoms with van der Waals surface area (Å²) in [6, 6.07) is 10.6. The smallest absolute Gasteiger partial charge is 0.243 e. The van der Waals surface area contributed by atoms with Crippen molar-refractivity contribution in [3.8, 4) is 5.75 Å². The number of amides is 1. The van der Waals surface area contributed by atoms with Crippen molar-refractivity contribution in [2.45, 2.75) is 96.7 Å². The van der Waals surface area contributed by atoms with Gasteiger partial charge in [-0.25, -0.2) is 9.37 Å². The average Bonchev–Trinajstić information content (AvgIpc) is 3.23. The molecule has 2 fully saturated rings. The van der Waals surface area contributed by atoms with Crippen LogP contribution in [0.5, 0.6) is 5.75 Å². The minimum absolute atomic E-state index is 0.0466. The molecular weight excluding hydrogens is 453 g/mol. The Balaban J connectivity index is 1.53. The molecule has 0 saturated heterocycles. The fourth-order valence-electron chi connectivity index (χ4n) is 6.06. The first-order valence-corrected chi connectivity index (χ1v) is 13.7. The van der Waals surface area contributed by atoms with Gasteiger partial charge in [-0.15, -0.1) is 0 Å². The standard InChI is InChI=1S/C30H38FN3O2/c1-20-13-14-21(2)27(17-20)36-19-28-33-25-16-15-23(31)18-26(25)34(28)29(22-9-5-3-6-10-22)30(35)32-24-11-7-4-8-12-24/h13-18,22,24,29H,3-12,19H2,1-2H3,(H,32,35). The Bertz CT molecular complexity index is 1210. The zero-order valence-corrected chi connectivity index (χ0v) is 21.6. The van der Waals surface area contributed by atoms with Crippen LogP contribution < -0.4 is 10.1 Å². The van der Waals surface area contributed by atoms with E-state index in [2.05, 4.69) is 11.4 Å². The van der Waals surface area contributed by atoms with Crippen LogP contribution in [-0.4, -0.2) is 21.5 Å². The van der Waals surface area contributed by atoms with Crippen molar-refractivity contribution in [1.82, 2.24) is 14.9 Å².